The van der Waals surface area contributed by atoms with Crippen molar-refractivity contribution in [1.82, 2.24) is 0 Å². The highest BCUT2D eigenvalue weighted by Crippen LogP contribution is 2.39. The van der Waals surface area contributed by atoms with E-state index in [0.717, 1.165) is 10.4 Å². The van der Waals surface area contributed by atoms with Crippen molar-refractivity contribution in [3.63, 3.8) is 0 Å². The quantitative estimate of drug-likeness (QED) is 0.435. The molecule has 0 aromatic heterocycles. The van der Waals surface area contributed by atoms with Gasteiger partial charge in [-0.3, -0.25) is 4.79 Å². The first kappa shape index (κ1) is 24.6. The maximum atomic E-state index is 11.6. The molecule has 1 saturated heterocycles. The molecule has 0 saturated carbocycles. The maximum Gasteiger partial charge on any atom is 0.303 e. The third-order valence-corrected chi connectivity index (χ3v) is 10.9. The molecule has 174 valence electrons. The van der Waals surface area contributed by atoms with Gasteiger partial charge in [-0.05, 0) is 15.4 Å². The van der Waals surface area contributed by atoms with Crippen LogP contribution >= 0.6 is 0 Å². The van der Waals surface area contributed by atoms with Crippen molar-refractivity contribution >= 4 is 24.7 Å². The number of esters is 1. The molecule has 1 heterocycles. The van der Waals surface area contributed by atoms with Crippen molar-refractivity contribution in [2.45, 2.75) is 63.4 Å². The van der Waals surface area contributed by atoms with E-state index in [1.54, 1.807) is 0 Å². The zero-order chi connectivity index (χ0) is 23.5. The molecule has 0 spiro atoms. The van der Waals surface area contributed by atoms with Crippen molar-refractivity contribution in [2.75, 3.05) is 6.61 Å². The Kier molecular flexibility index (Phi) is 7.54. The molecule has 1 fully saturated rings. The van der Waals surface area contributed by atoms with Crippen LogP contribution in [0.3, 0.4) is 0 Å². The summed E-state index contributed by atoms with van der Waals surface area (Å²) >= 11 is 0. The highest BCUT2D eigenvalue weighted by atomic mass is 28.4. The summed E-state index contributed by atoms with van der Waals surface area (Å²) in [6, 6.07) is 19.6. The normalized spacial score (nSPS) is 26.5. The molecule has 2 aromatic rings. The smallest absolute Gasteiger partial charge is 0.303 e. The van der Waals surface area contributed by atoms with E-state index >= 15 is 0 Å². The Morgan fingerprint density at radius 2 is 1.47 bits per heavy atom. The maximum absolute atomic E-state index is 11.6. The van der Waals surface area contributed by atoms with Gasteiger partial charge in [0.05, 0.1) is 6.61 Å². The van der Waals surface area contributed by atoms with Gasteiger partial charge in [0.2, 0.25) is 0 Å². The summed E-state index contributed by atoms with van der Waals surface area (Å²) in [7, 11) is -3.13. The fourth-order valence-corrected chi connectivity index (χ4v) is 9.10. The largest absolute Gasteiger partial charge is 0.457 e. The van der Waals surface area contributed by atoms with Gasteiger partial charge in [-0.15, -0.1) is 0 Å². The topological polar surface area (TPSA) is 105 Å². The second kappa shape index (κ2) is 9.82. The van der Waals surface area contributed by atoms with Crippen molar-refractivity contribution < 1.29 is 34.0 Å². The Morgan fingerprint density at radius 3 is 1.88 bits per heavy atom. The molecule has 3 rings (SSSR count). The lowest BCUT2D eigenvalue weighted by Gasteiger charge is -2.49. The number of carbonyl (C=O) groups excluding carboxylic acids is 1. The van der Waals surface area contributed by atoms with Crippen LogP contribution < -0.4 is 10.4 Å². The lowest BCUT2D eigenvalue weighted by Crippen LogP contribution is -2.72. The van der Waals surface area contributed by atoms with Crippen LogP contribution in [0.5, 0.6) is 0 Å². The molecular weight excluding hydrogens is 428 g/mol. The summed E-state index contributed by atoms with van der Waals surface area (Å²) in [4.78, 5) is 11.6. The van der Waals surface area contributed by atoms with Crippen LogP contribution in [0.1, 0.15) is 27.7 Å². The van der Waals surface area contributed by atoms with Gasteiger partial charge < -0.3 is 29.2 Å². The number of aliphatic hydroxyl groups excluding tert-OH is 3. The van der Waals surface area contributed by atoms with E-state index in [4.69, 9.17) is 13.9 Å². The Balaban J connectivity index is 2.13. The molecule has 32 heavy (non-hydrogen) atoms. The van der Waals surface area contributed by atoms with E-state index in [9.17, 15) is 20.1 Å². The molecular formula is C24H32O7Si. The van der Waals surface area contributed by atoms with Crippen LogP contribution in [0, 0.1) is 0 Å². The predicted octanol–water partition coefficient (Wildman–Crippen LogP) is 0.934. The molecule has 0 bridgehead atoms. The minimum absolute atomic E-state index is 0.403. The predicted molar refractivity (Wildman–Crippen MR) is 122 cm³/mol. The zero-order valence-electron chi connectivity index (χ0n) is 18.8. The van der Waals surface area contributed by atoms with Crippen LogP contribution in [0.15, 0.2) is 60.7 Å². The Bertz CT molecular complexity index is 845. The number of hydrogen-bond donors (Lipinski definition) is 3. The molecule has 2 aromatic carbocycles. The SMILES string of the molecule is CC(=O)O[C@H]1[C@H](O)[C@H](O[Si](c2ccccc2)(c2ccccc2)C(C)(C)C)[C@@H](O)O[C@@H]1CO. The molecule has 3 N–H and O–H groups in total. The lowest BCUT2D eigenvalue weighted by atomic mass is 9.99. The fraction of sp³-hybridized carbons (Fsp3) is 0.458. The molecule has 0 unspecified atom stereocenters. The minimum atomic E-state index is -3.13. The first-order chi connectivity index (χ1) is 15.1. The van der Waals surface area contributed by atoms with Gasteiger partial charge in [0, 0.05) is 6.92 Å². The number of hydrogen-bond acceptors (Lipinski definition) is 7. The molecule has 0 aliphatic carbocycles. The van der Waals surface area contributed by atoms with Crippen LogP contribution in [-0.2, 0) is 18.7 Å². The highest BCUT2D eigenvalue weighted by Gasteiger charge is 2.56. The second-order valence-electron chi connectivity index (χ2n) is 9.06. The average molecular weight is 461 g/mol. The van der Waals surface area contributed by atoms with Gasteiger partial charge in [-0.2, -0.15) is 0 Å². The minimum Gasteiger partial charge on any atom is -0.457 e. The third kappa shape index (κ3) is 4.66. The summed E-state index contributed by atoms with van der Waals surface area (Å²) in [6.45, 7) is 6.90. The number of aliphatic hydroxyl groups is 3. The first-order valence-corrected chi connectivity index (χ1v) is 12.6. The van der Waals surface area contributed by atoms with Crippen LogP contribution in [0.25, 0.3) is 0 Å². The van der Waals surface area contributed by atoms with Crippen LogP contribution in [0.2, 0.25) is 5.04 Å². The number of carbonyl (C=O) groups is 1. The molecule has 1 aliphatic heterocycles. The summed E-state index contributed by atoms with van der Waals surface area (Å²) in [6.07, 6.45) is -6.36. The fourth-order valence-electron chi connectivity index (χ4n) is 4.42. The van der Waals surface area contributed by atoms with Crippen molar-refractivity contribution in [2.24, 2.45) is 0 Å². The monoisotopic (exact) mass is 460 g/mol. The molecule has 1 aliphatic rings. The number of ether oxygens (including phenoxy) is 2. The highest BCUT2D eigenvalue weighted by molar-refractivity contribution is 6.99. The summed E-state index contributed by atoms with van der Waals surface area (Å²) in [5, 5.41) is 33.1. The molecule has 0 radical (unpaired) electrons. The first-order valence-electron chi connectivity index (χ1n) is 10.7. The summed E-state index contributed by atoms with van der Waals surface area (Å²) < 4.78 is 17.6. The molecule has 8 heteroatoms. The second-order valence-corrected chi connectivity index (χ2v) is 13.3. The standard InChI is InChI=1S/C24H32O7Si/c1-16(26)29-21-19(15-25)30-23(28)22(20(21)27)31-32(24(2,3)4,17-11-7-5-8-12-17)18-13-9-6-10-14-18/h5-14,19-23,25,27-28H,15H2,1-4H3/t19-,20+,21-,22+,23+/m1/s1. The zero-order valence-corrected chi connectivity index (χ0v) is 19.8. The van der Waals surface area contributed by atoms with Crippen molar-refractivity contribution in [1.29, 1.82) is 0 Å². The summed E-state index contributed by atoms with van der Waals surface area (Å²) in [5.74, 6) is -0.628. The van der Waals surface area contributed by atoms with E-state index in [2.05, 4.69) is 20.8 Å². The van der Waals surface area contributed by atoms with E-state index in [1.807, 2.05) is 60.7 Å². The Morgan fingerprint density at radius 1 is 0.969 bits per heavy atom. The van der Waals surface area contributed by atoms with E-state index in [0.29, 0.717) is 0 Å². The van der Waals surface area contributed by atoms with Gasteiger partial charge in [-0.1, -0.05) is 81.4 Å². The number of benzene rings is 2. The average Bonchev–Trinajstić information content (AvgIpc) is 2.76. The van der Waals surface area contributed by atoms with Crippen LogP contribution in [0.4, 0.5) is 0 Å². The van der Waals surface area contributed by atoms with Crippen molar-refractivity contribution in [3.05, 3.63) is 60.7 Å². The van der Waals surface area contributed by atoms with E-state index in [-0.39, 0.29) is 0 Å². The van der Waals surface area contributed by atoms with E-state index < -0.39 is 56.6 Å². The van der Waals surface area contributed by atoms with Gasteiger partial charge in [0.1, 0.15) is 18.3 Å². The van der Waals surface area contributed by atoms with Gasteiger partial charge >= 0.3 is 5.97 Å². The Labute approximate surface area is 189 Å². The molecule has 5 atom stereocenters. The molecule has 7 nitrogen and oxygen atoms in total. The van der Waals surface area contributed by atoms with Gasteiger partial charge in [0.15, 0.2) is 12.4 Å². The van der Waals surface area contributed by atoms with Crippen molar-refractivity contribution in [3.8, 4) is 0 Å². The van der Waals surface area contributed by atoms with Crippen LogP contribution in [-0.4, -0.2) is 66.9 Å². The third-order valence-electron chi connectivity index (χ3n) is 5.85. The number of rotatable bonds is 6. The van der Waals surface area contributed by atoms with Gasteiger partial charge in [-0.25, -0.2) is 0 Å². The molecule has 0 amide bonds. The lowest BCUT2D eigenvalue weighted by molar-refractivity contribution is -0.285. The Hall–Kier alpha value is -2.07. The van der Waals surface area contributed by atoms with E-state index in [1.165, 1.54) is 6.92 Å². The van der Waals surface area contributed by atoms with Gasteiger partial charge in [0.25, 0.3) is 8.32 Å². The summed E-state index contributed by atoms with van der Waals surface area (Å²) in [5.41, 5.74) is 0.